The number of ether oxygens (including phenoxy) is 1. The first-order chi connectivity index (χ1) is 11.2. The normalized spacial score (nSPS) is 22.6. The SMILES string of the molecule is O=C1C[C@@H](C(=O)NCc2nc3ccccc3s2)C2(CCCC2)O1. The second kappa shape index (κ2) is 5.60. The number of esters is 1. The van der Waals surface area contributed by atoms with Crippen LogP contribution in [-0.4, -0.2) is 22.5 Å². The molecule has 6 heteroatoms. The summed E-state index contributed by atoms with van der Waals surface area (Å²) in [6.07, 6.45) is 3.85. The Morgan fingerprint density at radius 1 is 1.35 bits per heavy atom. The van der Waals surface area contributed by atoms with E-state index in [-0.39, 0.29) is 24.2 Å². The summed E-state index contributed by atoms with van der Waals surface area (Å²) >= 11 is 1.58. The fourth-order valence-corrected chi connectivity index (χ4v) is 4.64. The van der Waals surface area contributed by atoms with Crippen molar-refractivity contribution < 1.29 is 14.3 Å². The van der Waals surface area contributed by atoms with Crippen molar-refractivity contribution in [3.05, 3.63) is 29.3 Å². The number of fused-ring (bicyclic) bond motifs is 1. The van der Waals surface area contributed by atoms with Gasteiger partial charge in [0.15, 0.2) is 0 Å². The quantitative estimate of drug-likeness (QED) is 0.879. The number of carbonyl (C=O) groups excluding carboxylic acids is 2. The standard InChI is InChI=1S/C17H18N2O3S/c20-15-9-11(17(22-15)7-3-4-8-17)16(21)18-10-14-19-12-5-1-2-6-13(12)23-14/h1-2,5-6,11H,3-4,7-10H2,(H,18,21)/t11-/m0/s1. The summed E-state index contributed by atoms with van der Waals surface area (Å²) in [4.78, 5) is 28.8. The van der Waals surface area contributed by atoms with Crippen LogP contribution >= 0.6 is 11.3 Å². The Kier molecular flexibility index (Phi) is 3.56. The molecule has 1 saturated heterocycles. The van der Waals surface area contributed by atoms with Crippen LogP contribution in [0.3, 0.4) is 0 Å². The topological polar surface area (TPSA) is 68.3 Å². The molecule has 1 atom stereocenters. The number of hydrogen-bond donors (Lipinski definition) is 1. The molecule has 1 amide bonds. The number of amides is 1. The maximum absolute atomic E-state index is 12.6. The fourth-order valence-electron chi connectivity index (χ4n) is 3.73. The Morgan fingerprint density at radius 2 is 2.13 bits per heavy atom. The van der Waals surface area contributed by atoms with Crippen LogP contribution in [0.4, 0.5) is 0 Å². The van der Waals surface area contributed by atoms with Crippen molar-refractivity contribution >= 4 is 33.4 Å². The lowest BCUT2D eigenvalue weighted by Gasteiger charge is -2.27. The van der Waals surface area contributed by atoms with Crippen LogP contribution in [0.5, 0.6) is 0 Å². The van der Waals surface area contributed by atoms with Gasteiger partial charge in [0.1, 0.15) is 10.6 Å². The molecule has 1 aliphatic heterocycles. The maximum Gasteiger partial charge on any atom is 0.307 e. The number of thiazole rings is 1. The summed E-state index contributed by atoms with van der Waals surface area (Å²) in [5.41, 5.74) is 0.405. The molecule has 2 fully saturated rings. The van der Waals surface area contributed by atoms with E-state index in [4.69, 9.17) is 4.74 Å². The van der Waals surface area contributed by atoms with E-state index >= 15 is 0 Å². The molecule has 1 aromatic heterocycles. The molecule has 0 unspecified atom stereocenters. The first-order valence-corrected chi connectivity index (χ1v) is 8.82. The minimum Gasteiger partial charge on any atom is -0.458 e. The molecule has 4 rings (SSSR count). The van der Waals surface area contributed by atoms with Gasteiger partial charge in [-0.1, -0.05) is 12.1 Å². The number of benzene rings is 1. The van der Waals surface area contributed by atoms with Gasteiger partial charge in [-0.2, -0.15) is 0 Å². The molecule has 0 bridgehead atoms. The molecule has 1 aromatic carbocycles. The predicted molar refractivity (Wildman–Crippen MR) is 86.9 cm³/mol. The lowest BCUT2D eigenvalue weighted by molar-refractivity contribution is -0.149. The van der Waals surface area contributed by atoms with E-state index in [9.17, 15) is 9.59 Å². The third-order valence-corrected chi connectivity index (χ3v) is 5.88. The Bertz CT molecular complexity index is 731. The van der Waals surface area contributed by atoms with Gasteiger partial charge in [-0.15, -0.1) is 11.3 Å². The highest BCUT2D eigenvalue weighted by Gasteiger charge is 2.53. The van der Waals surface area contributed by atoms with Gasteiger partial charge in [0.25, 0.3) is 0 Å². The van der Waals surface area contributed by atoms with Gasteiger partial charge in [-0.3, -0.25) is 9.59 Å². The first-order valence-electron chi connectivity index (χ1n) is 8.00. The monoisotopic (exact) mass is 330 g/mol. The van der Waals surface area contributed by atoms with E-state index in [0.29, 0.717) is 6.54 Å². The number of para-hydroxylation sites is 1. The van der Waals surface area contributed by atoms with Crippen LogP contribution in [0.2, 0.25) is 0 Å². The maximum atomic E-state index is 12.6. The summed E-state index contributed by atoms with van der Waals surface area (Å²) < 4.78 is 6.65. The third-order valence-electron chi connectivity index (χ3n) is 4.84. The van der Waals surface area contributed by atoms with Gasteiger partial charge in [0.2, 0.25) is 5.91 Å². The van der Waals surface area contributed by atoms with Crippen molar-refractivity contribution in [2.75, 3.05) is 0 Å². The van der Waals surface area contributed by atoms with E-state index in [1.54, 1.807) is 11.3 Å². The van der Waals surface area contributed by atoms with Crippen LogP contribution in [0, 0.1) is 5.92 Å². The van der Waals surface area contributed by atoms with Crippen LogP contribution in [0.1, 0.15) is 37.1 Å². The average molecular weight is 330 g/mol. The van der Waals surface area contributed by atoms with Gasteiger partial charge in [0, 0.05) is 0 Å². The van der Waals surface area contributed by atoms with Crippen LogP contribution < -0.4 is 5.32 Å². The molecular formula is C17H18N2O3S. The number of hydrogen-bond acceptors (Lipinski definition) is 5. The number of rotatable bonds is 3. The Morgan fingerprint density at radius 3 is 2.91 bits per heavy atom. The summed E-state index contributed by atoms with van der Waals surface area (Å²) in [6, 6.07) is 7.92. The van der Waals surface area contributed by atoms with E-state index < -0.39 is 5.60 Å². The molecule has 23 heavy (non-hydrogen) atoms. The molecule has 2 heterocycles. The predicted octanol–water partition coefficient (Wildman–Crippen LogP) is 2.79. The first kappa shape index (κ1) is 14.6. The molecule has 2 aromatic rings. The number of carbonyl (C=O) groups is 2. The highest BCUT2D eigenvalue weighted by atomic mass is 32.1. The van der Waals surface area contributed by atoms with Crippen molar-refractivity contribution in [2.45, 2.75) is 44.2 Å². The number of aromatic nitrogens is 1. The van der Waals surface area contributed by atoms with E-state index in [1.807, 2.05) is 24.3 Å². The van der Waals surface area contributed by atoms with Gasteiger partial charge >= 0.3 is 5.97 Å². The molecule has 120 valence electrons. The minimum atomic E-state index is -0.547. The Hall–Kier alpha value is -1.95. The smallest absolute Gasteiger partial charge is 0.307 e. The van der Waals surface area contributed by atoms with Crippen molar-refractivity contribution in [3.8, 4) is 0 Å². The Labute approximate surface area is 138 Å². The van der Waals surface area contributed by atoms with Crippen LogP contribution in [0.25, 0.3) is 10.2 Å². The van der Waals surface area contributed by atoms with E-state index in [2.05, 4.69) is 10.3 Å². The summed E-state index contributed by atoms with van der Waals surface area (Å²) in [7, 11) is 0. The zero-order valence-electron chi connectivity index (χ0n) is 12.7. The number of nitrogens with zero attached hydrogens (tertiary/aromatic N) is 1. The summed E-state index contributed by atoms with van der Waals surface area (Å²) in [5.74, 6) is -0.684. The van der Waals surface area contributed by atoms with E-state index in [0.717, 1.165) is 40.9 Å². The summed E-state index contributed by atoms with van der Waals surface area (Å²) in [5, 5.41) is 3.83. The van der Waals surface area contributed by atoms with Crippen molar-refractivity contribution in [3.63, 3.8) is 0 Å². The lowest BCUT2D eigenvalue weighted by Crippen LogP contribution is -2.42. The zero-order chi connectivity index (χ0) is 15.9. The highest BCUT2D eigenvalue weighted by molar-refractivity contribution is 7.18. The van der Waals surface area contributed by atoms with Crippen molar-refractivity contribution in [1.82, 2.24) is 10.3 Å². The van der Waals surface area contributed by atoms with Crippen LogP contribution in [0.15, 0.2) is 24.3 Å². The van der Waals surface area contributed by atoms with Gasteiger partial charge in [0.05, 0.1) is 29.1 Å². The second-order valence-electron chi connectivity index (χ2n) is 6.30. The molecule has 1 saturated carbocycles. The largest absolute Gasteiger partial charge is 0.458 e. The molecular weight excluding hydrogens is 312 g/mol. The molecule has 1 spiro atoms. The molecule has 0 radical (unpaired) electrons. The highest BCUT2D eigenvalue weighted by Crippen LogP contribution is 2.45. The lowest BCUT2D eigenvalue weighted by atomic mass is 9.85. The molecule has 2 aliphatic rings. The third kappa shape index (κ3) is 2.61. The van der Waals surface area contributed by atoms with Gasteiger partial charge in [-0.25, -0.2) is 4.98 Å². The minimum absolute atomic E-state index is 0.0861. The van der Waals surface area contributed by atoms with Crippen LogP contribution in [-0.2, 0) is 20.9 Å². The molecule has 5 nitrogen and oxygen atoms in total. The molecule has 1 N–H and O–H groups in total. The van der Waals surface area contributed by atoms with Crippen molar-refractivity contribution in [2.24, 2.45) is 5.92 Å². The van der Waals surface area contributed by atoms with Gasteiger partial charge < -0.3 is 10.1 Å². The zero-order valence-corrected chi connectivity index (χ0v) is 13.5. The average Bonchev–Trinajstić information content (AvgIpc) is 3.24. The van der Waals surface area contributed by atoms with Gasteiger partial charge in [-0.05, 0) is 37.8 Å². The number of nitrogens with one attached hydrogen (secondary N) is 1. The van der Waals surface area contributed by atoms with E-state index in [1.165, 1.54) is 0 Å². The molecule has 1 aliphatic carbocycles. The fraction of sp³-hybridized carbons (Fsp3) is 0.471. The summed E-state index contributed by atoms with van der Waals surface area (Å²) in [6.45, 7) is 0.402. The van der Waals surface area contributed by atoms with Crippen molar-refractivity contribution in [1.29, 1.82) is 0 Å². The second-order valence-corrected chi connectivity index (χ2v) is 7.41. The Balaban J connectivity index is 1.46.